The average Bonchev–Trinajstić information content (AvgIpc) is 2.41. The van der Waals surface area contributed by atoms with Crippen LogP contribution in [0.5, 0.6) is 0 Å². The Morgan fingerprint density at radius 2 is 1.77 bits per heavy atom. The van der Waals surface area contributed by atoms with Crippen molar-refractivity contribution in [2.45, 2.75) is 20.3 Å². The second-order valence-corrected chi connectivity index (χ2v) is 5.25. The van der Waals surface area contributed by atoms with E-state index in [1.807, 2.05) is 26.0 Å². The molecule has 5 heteroatoms. The third-order valence-electron chi connectivity index (χ3n) is 3.17. The van der Waals surface area contributed by atoms with Gasteiger partial charge in [0.05, 0.1) is 0 Å². The van der Waals surface area contributed by atoms with Gasteiger partial charge in [0.1, 0.15) is 11.6 Å². The van der Waals surface area contributed by atoms with Crippen LogP contribution in [0.25, 0.3) is 0 Å². The lowest BCUT2D eigenvalue weighted by Crippen LogP contribution is -2.23. The van der Waals surface area contributed by atoms with Crippen molar-refractivity contribution >= 4 is 11.6 Å². The lowest BCUT2D eigenvalue weighted by atomic mass is 10.1. The molecule has 0 aliphatic heterocycles. The highest BCUT2D eigenvalue weighted by Gasteiger charge is 2.03. The van der Waals surface area contributed by atoms with E-state index in [0.717, 1.165) is 28.9 Å². The predicted octanol–water partition coefficient (Wildman–Crippen LogP) is 3.55. The lowest BCUT2D eigenvalue weighted by molar-refractivity contribution is 0.585. The molecule has 0 amide bonds. The fourth-order valence-corrected chi connectivity index (χ4v) is 2.27. The van der Waals surface area contributed by atoms with Crippen LogP contribution in [0.15, 0.2) is 41.4 Å². The van der Waals surface area contributed by atoms with Crippen molar-refractivity contribution in [3.8, 4) is 0 Å². The number of halogens is 2. The van der Waals surface area contributed by atoms with Gasteiger partial charge in [-0.1, -0.05) is 6.07 Å². The van der Waals surface area contributed by atoms with Gasteiger partial charge in [0.25, 0.3) is 0 Å². The topological polar surface area (TPSA) is 50.4 Å². The number of aliphatic imine (C=N–C) groups is 1. The first-order valence-corrected chi connectivity index (χ1v) is 7.03. The molecule has 0 heterocycles. The van der Waals surface area contributed by atoms with Gasteiger partial charge in [-0.2, -0.15) is 0 Å². The van der Waals surface area contributed by atoms with Crippen molar-refractivity contribution in [1.29, 1.82) is 0 Å². The van der Waals surface area contributed by atoms with Crippen molar-refractivity contribution in [2.75, 3.05) is 11.9 Å². The molecule has 2 aromatic carbocycles. The van der Waals surface area contributed by atoms with E-state index in [2.05, 4.69) is 16.4 Å². The maximum Gasteiger partial charge on any atom is 0.193 e. The molecule has 0 aromatic heterocycles. The van der Waals surface area contributed by atoms with E-state index in [-0.39, 0.29) is 12.5 Å². The number of nitrogens with zero attached hydrogens (tertiary/aromatic N) is 1. The normalized spacial score (nSPS) is 11.5. The Balaban J connectivity index is 1.96. The Labute approximate surface area is 128 Å². The van der Waals surface area contributed by atoms with Gasteiger partial charge in [-0.3, -0.25) is 4.99 Å². The zero-order chi connectivity index (χ0) is 16.1. The fraction of sp³-hybridized carbons (Fsp3) is 0.235. The van der Waals surface area contributed by atoms with Gasteiger partial charge in [-0.15, -0.1) is 0 Å². The standard InChI is InChI=1S/C17H19F2N3/c1-11-7-12(2)9-15(8-11)22-17(20)21-6-5-13-10-14(18)3-4-16(13)19/h3-4,7-10H,5-6H2,1-2H3,(H3,20,21,22). The van der Waals surface area contributed by atoms with Gasteiger partial charge in [-0.05, 0) is 67.3 Å². The van der Waals surface area contributed by atoms with E-state index in [9.17, 15) is 8.78 Å². The minimum Gasteiger partial charge on any atom is -0.370 e. The molecule has 3 N–H and O–H groups in total. The maximum atomic E-state index is 13.5. The number of anilines is 1. The Kier molecular flexibility index (Phi) is 5.09. The molecule has 22 heavy (non-hydrogen) atoms. The molecule has 116 valence electrons. The number of benzene rings is 2. The lowest BCUT2D eigenvalue weighted by Gasteiger charge is -2.08. The number of rotatable bonds is 4. The number of hydrogen-bond acceptors (Lipinski definition) is 1. The van der Waals surface area contributed by atoms with E-state index < -0.39 is 11.6 Å². The third-order valence-corrected chi connectivity index (χ3v) is 3.17. The monoisotopic (exact) mass is 303 g/mol. The summed E-state index contributed by atoms with van der Waals surface area (Å²) in [6, 6.07) is 9.37. The van der Waals surface area contributed by atoms with E-state index in [0.29, 0.717) is 12.0 Å². The maximum absolute atomic E-state index is 13.5. The second kappa shape index (κ2) is 7.02. The molecule has 0 saturated heterocycles. The highest BCUT2D eigenvalue weighted by atomic mass is 19.1. The average molecular weight is 303 g/mol. The molecule has 0 fully saturated rings. The van der Waals surface area contributed by atoms with Crippen molar-refractivity contribution in [3.63, 3.8) is 0 Å². The van der Waals surface area contributed by atoms with Crippen molar-refractivity contribution in [1.82, 2.24) is 0 Å². The first-order chi connectivity index (χ1) is 10.4. The molecule has 0 atom stereocenters. The molecular weight excluding hydrogens is 284 g/mol. The van der Waals surface area contributed by atoms with Gasteiger partial charge in [-0.25, -0.2) is 8.78 Å². The first-order valence-electron chi connectivity index (χ1n) is 7.03. The number of nitrogens with one attached hydrogen (secondary N) is 1. The van der Waals surface area contributed by atoms with Crippen molar-refractivity contribution < 1.29 is 8.78 Å². The van der Waals surface area contributed by atoms with Gasteiger partial charge in [0, 0.05) is 12.2 Å². The summed E-state index contributed by atoms with van der Waals surface area (Å²) in [5, 5.41) is 3.00. The number of nitrogens with two attached hydrogens (primary N) is 1. The summed E-state index contributed by atoms with van der Waals surface area (Å²) in [6.45, 7) is 4.28. The summed E-state index contributed by atoms with van der Waals surface area (Å²) in [5.74, 6) is -0.638. The first kappa shape index (κ1) is 15.9. The van der Waals surface area contributed by atoms with Crippen molar-refractivity contribution in [3.05, 3.63) is 64.7 Å². The quantitative estimate of drug-likeness (QED) is 0.670. The Morgan fingerprint density at radius 3 is 2.45 bits per heavy atom. The van der Waals surface area contributed by atoms with Crippen LogP contribution < -0.4 is 11.1 Å². The molecule has 0 spiro atoms. The highest BCUT2D eigenvalue weighted by Crippen LogP contribution is 2.13. The molecule has 0 bridgehead atoms. The van der Waals surface area contributed by atoms with Crippen LogP contribution in [0.4, 0.5) is 14.5 Å². The molecule has 0 unspecified atom stereocenters. The van der Waals surface area contributed by atoms with Gasteiger partial charge in [0.2, 0.25) is 0 Å². The van der Waals surface area contributed by atoms with Crippen molar-refractivity contribution in [2.24, 2.45) is 10.7 Å². The Bertz CT molecular complexity index is 676. The molecular formula is C17H19F2N3. The van der Waals surface area contributed by atoms with E-state index >= 15 is 0 Å². The summed E-state index contributed by atoms with van der Waals surface area (Å²) in [5.41, 5.74) is 9.21. The zero-order valence-electron chi connectivity index (χ0n) is 12.7. The molecule has 2 aromatic rings. The van der Waals surface area contributed by atoms with E-state index in [4.69, 9.17) is 5.73 Å². The largest absolute Gasteiger partial charge is 0.370 e. The van der Waals surface area contributed by atoms with E-state index in [1.165, 1.54) is 6.07 Å². The summed E-state index contributed by atoms with van der Waals surface area (Å²) in [6.07, 6.45) is 0.290. The number of aryl methyl sites for hydroxylation is 2. The van der Waals surface area contributed by atoms with Crippen LogP contribution in [0.2, 0.25) is 0 Å². The molecule has 0 radical (unpaired) electrons. The van der Waals surface area contributed by atoms with Gasteiger partial charge < -0.3 is 11.1 Å². The zero-order valence-corrected chi connectivity index (χ0v) is 12.7. The SMILES string of the molecule is Cc1cc(C)cc(NC(N)=NCCc2cc(F)ccc2F)c1. The van der Waals surface area contributed by atoms with Crippen LogP contribution >= 0.6 is 0 Å². The highest BCUT2D eigenvalue weighted by molar-refractivity contribution is 5.92. The predicted molar refractivity (Wildman–Crippen MR) is 86.1 cm³/mol. The molecule has 0 aliphatic carbocycles. The van der Waals surface area contributed by atoms with Crippen LogP contribution in [-0.4, -0.2) is 12.5 Å². The minimum absolute atomic E-state index is 0.252. The summed E-state index contributed by atoms with van der Waals surface area (Å²) >= 11 is 0. The Hall–Kier alpha value is -2.43. The van der Waals surface area contributed by atoms with E-state index in [1.54, 1.807) is 0 Å². The van der Waals surface area contributed by atoms with Gasteiger partial charge >= 0.3 is 0 Å². The van der Waals surface area contributed by atoms with Crippen LogP contribution in [0.1, 0.15) is 16.7 Å². The summed E-state index contributed by atoms with van der Waals surface area (Å²) < 4.78 is 26.5. The minimum atomic E-state index is -0.457. The van der Waals surface area contributed by atoms with Crippen LogP contribution in [0.3, 0.4) is 0 Å². The Morgan fingerprint density at radius 1 is 1.09 bits per heavy atom. The van der Waals surface area contributed by atoms with Gasteiger partial charge in [0.15, 0.2) is 5.96 Å². The molecule has 0 saturated carbocycles. The third kappa shape index (κ3) is 4.55. The summed E-state index contributed by atoms with van der Waals surface area (Å²) in [7, 11) is 0. The molecule has 3 nitrogen and oxygen atoms in total. The smallest absolute Gasteiger partial charge is 0.193 e. The van der Waals surface area contributed by atoms with Crippen LogP contribution in [-0.2, 0) is 6.42 Å². The number of hydrogen-bond donors (Lipinski definition) is 2. The van der Waals surface area contributed by atoms with Crippen LogP contribution in [0, 0.1) is 25.5 Å². The number of guanidine groups is 1. The fourth-order valence-electron chi connectivity index (χ4n) is 2.27. The summed E-state index contributed by atoms with van der Waals surface area (Å²) in [4.78, 5) is 4.14. The molecule has 0 aliphatic rings. The second-order valence-electron chi connectivity index (χ2n) is 5.25. The molecule has 2 rings (SSSR count).